The van der Waals surface area contributed by atoms with E-state index in [0.29, 0.717) is 6.04 Å². The lowest BCUT2D eigenvalue weighted by atomic mass is 9.83. The van der Waals surface area contributed by atoms with Crippen molar-refractivity contribution >= 4 is 11.6 Å². The molecule has 0 spiro atoms. The van der Waals surface area contributed by atoms with Crippen molar-refractivity contribution in [2.45, 2.75) is 64.0 Å². The summed E-state index contributed by atoms with van der Waals surface area (Å²) in [4.78, 5) is 0. The zero-order valence-electron chi connectivity index (χ0n) is 12.9. The maximum atomic E-state index is 6.04. The predicted octanol–water partition coefficient (Wildman–Crippen LogP) is 4.59. The van der Waals surface area contributed by atoms with Crippen LogP contribution in [0.15, 0.2) is 18.2 Å². The normalized spacial score (nSPS) is 28.2. The summed E-state index contributed by atoms with van der Waals surface area (Å²) in [5, 5.41) is 4.52. The van der Waals surface area contributed by atoms with E-state index in [0.717, 1.165) is 29.7 Å². The lowest BCUT2D eigenvalue weighted by molar-refractivity contribution is 0.205. The first-order chi connectivity index (χ1) is 10.2. The van der Waals surface area contributed by atoms with Crippen LogP contribution in [-0.4, -0.2) is 18.7 Å². The number of hydrogen-bond donors (Lipinski definition) is 1. The Bertz CT molecular complexity index is 468. The molecule has 1 heterocycles. The van der Waals surface area contributed by atoms with E-state index >= 15 is 0 Å². The van der Waals surface area contributed by atoms with E-state index in [1.165, 1.54) is 44.1 Å². The van der Waals surface area contributed by atoms with E-state index in [4.69, 9.17) is 16.3 Å². The Morgan fingerprint density at radius 3 is 2.81 bits per heavy atom. The monoisotopic (exact) mass is 307 g/mol. The van der Waals surface area contributed by atoms with E-state index in [1.807, 2.05) is 18.2 Å². The molecule has 1 fully saturated rings. The molecule has 3 heteroatoms. The Morgan fingerprint density at radius 2 is 2.05 bits per heavy atom. The average molecular weight is 308 g/mol. The van der Waals surface area contributed by atoms with E-state index in [9.17, 15) is 0 Å². The van der Waals surface area contributed by atoms with Crippen molar-refractivity contribution in [2.75, 3.05) is 6.54 Å². The van der Waals surface area contributed by atoms with Gasteiger partial charge in [0.1, 0.15) is 11.9 Å². The van der Waals surface area contributed by atoms with Crippen LogP contribution in [0.25, 0.3) is 0 Å². The second kappa shape index (κ2) is 7.02. The van der Waals surface area contributed by atoms with Crippen molar-refractivity contribution < 1.29 is 4.74 Å². The zero-order valence-corrected chi connectivity index (χ0v) is 13.7. The topological polar surface area (TPSA) is 21.3 Å². The number of nitrogens with one attached hydrogen (secondary N) is 1. The van der Waals surface area contributed by atoms with Crippen LogP contribution in [0.3, 0.4) is 0 Å². The molecule has 1 aliphatic heterocycles. The van der Waals surface area contributed by atoms with Gasteiger partial charge in [-0.3, -0.25) is 0 Å². The average Bonchev–Trinajstić information content (AvgIpc) is 2.89. The minimum atomic E-state index is 0.270. The van der Waals surface area contributed by atoms with E-state index in [1.54, 1.807) is 0 Å². The lowest BCUT2D eigenvalue weighted by Crippen LogP contribution is -2.39. The summed E-state index contributed by atoms with van der Waals surface area (Å²) < 4.78 is 5.99. The number of benzene rings is 1. The number of fused-ring (bicyclic) bond motifs is 1. The molecule has 1 aromatic carbocycles. The van der Waals surface area contributed by atoms with Gasteiger partial charge in [0.25, 0.3) is 0 Å². The van der Waals surface area contributed by atoms with Gasteiger partial charge in [-0.25, -0.2) is 0 Å². The smallest absolute Gasteiger partial charge is 0.123 e. The molecule has 21 heavy (non-hydrogen) atoms. The molecule has 1 aliphatic carbocycles. The van der Waals surface area contributed by atoms with Crippen LogP contribution in [0.5, 0.6) is 5.75 Å². The fourth-order valence-electron chi connectivity index (χ4n) is 3.76. The van der Waals surface area contributed by atoms with Gasteiger partial charge in [-0.2, -0.15) is 0 Å². The third-order valence-corrected chi connectivity index (χ3v) is 5.18. The minimum absolute atomic E-state index is 0.270. The van der Waals surface area contributed by atoms with E-state index in [2.05, 4.69) is 12.2 Å². The highest BCUT2D eigenvalue weighted by molar-refractivity contribution is 6.30. The standard InChI is InChI=1S/C18H26ClNO/c1-2-3-13-4-7-16(8-5-13)20-12-17-11-14-10-15(19)6-9-18(14)21-17/h6,9-10,13,16-17,20H,2-5,7-8,11-12H2,1H3. The van der Waals surface area contributed by atoms with Gasteiger partial charge in [0.15, 0.2) is 0 Å². The number of halogens is 1. The molecule has 1 N–H and O–H groups in total. The molecule has 0 radical (unpaired) electrons. The Kier molecular flexibility index (Phi) is 5.07. The van der Waals surface area contributed by atoms with Gasteiger partial charge in [0, 0.05) is 24.0 Å². The predicted molar refractivity (Wildman–Crippen MR) is 88.2 cm³/mol. The van der Waals surface area contributed by atoms with Crippen LogP contribution < -0.4 is 10.1 Å². The SMILES string of the molecule is CCCC1CCC(NCC2Cc3cc(Cl)ccc3O2)CC1. The molecule has 1 aromatic rings. The summed E-state index contributed by atoms with van der Waals surface area (Å²) >= 11 is 6.04. The molecule has 1 atom stereocenters. The van der Waals surface area contributed by atoms with Crippen molar-refractivity contribution in [3.05, 3.63) is 28.8 Å². The molecule has 3 rings (SSSR count). The van der Waals surface area contributed by atoms with Gasteiger partial charge < -0.3 is 10.1 Å². The lowest BCUT2D eigenvalue weighted by Gasteiger charge is -2.29. The van der Waals surface area contributed by atoms with Crippen molar-refractivity contribution in [1.29, 1.82) is 0 Å². The minimum Gasteiger partial charge on any atom is -0.488 e. The first kappa shape index (κ1) is 15.2. The van der Waals surface area contributed by atoms with Crippen LogP contribution in [0.1, 0.15) is 51.0 Å². The molecule has 1 saturated carbocycles. The van der Waals surface area contributed by atoms with Gasteiger partial charge in [0.2, 0.25) is 0 Å². The molecule has 1 unspecified atom stereocenters. The Labute approximate surface area is 133 Å². The first-order valence-corrected chi connectivity index (χ1v) is 8.81. The van der Waals surface area contributed by atoms with Crippen LogP contribution in [-0.2, 0) is 6.42 Å². The summed E-state index contributed by atoms with van der Waals surface area (Å²) in [5.74, 6) is 1.99. The highest BCUT2D eigenvalue weighted by atomic mass is 35.5. The summed E-state index contributed by atoms with van der Waals surface area (Å²) in [7, 11) is 0. The molecular weight excluding hydrogens is 282 g/mol. The van der Waals surface area contributed by atoms with Crippen molar-refractivity contribution in [2.24, 2.45) is 5.92 Å². The van der Waals surface area contributed by atoms with Gasteiger partial charge in [-0.1, -0.05) is 31.4 Å². The molecule has 0 aromatic heterocycles. The fraction of sp³-hybridized carbons (Fsp3) is 0.667. The summed E-state index contributed by atoms with van der Waals surface area (Å²) in [6.45, 7) is 3.25. The van der Waals surface area contributed by atoms with Gasteiger partial charge in [0.05, 0.1) is 0 Å². The number of rotatable bonds is 5. The summed E-state index contributed by atoms with van der Waals surface area (Å²) in [5.41, 5.74) is 1.25. The second-order valence-electron chi connectivity index (χ2n) is 6.61. The van der Waals surface area contributed by atoms with E-state index < -0.39 is 0 Å². The summed E-state index contributed by atoms with van der Waals surface area (Å²) in [6, 6.07) is 6.63. The third-order valence-electron chi connectivity index (χ3n) is 4.94. The van der Waals surface area contributed by atoms with Crippen LogP contribution in [0.2, 0.25) is 5.02 Å². The molecule has 0 amide bonds. The third kappa shape index (κ3) is 3.92. The highest BCUT2D eigenvalue weighted by Crippen LogP contribution is 2.31. The fourth-order valence-corrected chi connectivity index (χ4v) is 3.96. The Morgan fingerprint density at radius 1 is 1.24 bits per heavy atom. The molecular formula is C18H26ClNO. The van der Waals surface area contributed by atoms with Crippen molar-refractivity contribution in [1.82, 2.24) is 5.32 Å². The molecule has 0 saturated heterocycles. The first-order valence-electron chi connectivity index (χ1n) is 8.43. The molecule has 116 valence electrons. The van der Waals surface area contributed by atoms with Crippen LogP contribution in [0, 0.1) is 5.92 Å². The maximum Gasteiger partial charge on any atom is 0.123 e. The maximum absolute atomic E-state index is 6.04. The number of ether oxygens (including phenoxy) is 1. The molecule has 2 nitrogen and oxygen atoms in total. The Balaban J connectivity index is 1.41. The largest absolute Gasteiger partial charge is 0.488 e. The van der Waals surface area contributed by atoms with Crippen LogP contribution >= 0.6 is 11.6 Å². The molecule has 0 bridgehead atoms. The summed E-state index contributed by atoms with van der Waals surface area (Å²) in [6.07, 6.45) is 9.44. The van der Waals surface area contributed by atoms with E-state index in [-0.39, 0.29) is 6.10 Å². The highest BCUT2D eigenvalue weighted by Gasteiger charge is 2.25. The second-order valence-corrected chi connectivity index (χ2v) is 7.05. The van der Waals surface area contributed by atoms with Crippen molar-refractivity contribution in [3.63, 3.8) is 0 Å². The van der Waals surface area contributed by atoms with Crippen LogP contribution in [0.4, 0.5) is 0 Å². The quantitative estimate of drug-likeness (QED) is 0.859. The van der Waals surface area contributed by atoms with Gasteiger partial charge >= 0.3 is 0 Å². The number of hydrogen-bond acceptors (Lipinski definition) is 2. The Hall–Kier alpha value is -0.730. The zero-order chi connectivity index (χ0) is 14.7. The van der Waals surface area contributed by atoms with Crippen molar-refractivity contribution in [3.8, 4) is 5.75 Å². The van der Waals surface area contributed by atoms with Gasteiger partial charge in [-0.05, 0) is 55.4 Å². The van der Waals surface area contributed by atoms with Gasteiger partial charge in [-0.15, -0.1) is 0 Å². The molecule has 2 aliphatic rings.